The zero-order valence-corrected chi connectivity index (χ0v) is 10.9. The van der Waals surface area contributed by atoms with Crippen LogP contribution in [0.5, 0.6) is 0 Å². The summed E-state index contributed by atoms with van der Waals surface area (Å²) in [6.07, 6.45) is 1.98. The molecule has 0 saturated carbocycles. The number of carbonyl (C=O) groups is 1. The molecule has 2 rings (SSSR count). The molecule has 3 N–H and O–H groups in total. The number of nitrogens with two attached hydrogens (primary N) is 1. The van der Waals surface area contributed by atoms with Gasteiger partial charge in [0, 0.05) is 6.61 Å². The molecule has 0 aliphatic carbocycles. The smallest absolute Gasteiger partial charge is 0.313 e. The van der Waals surface area contributed by atoms with Crippen molar-refractivity contribution in [1.82, 2.24) is 14.8 Å². The number of carboxylic acid groups (broad SMARTS) is 1. The van der Waals surface area contributed by atoms with Gasteiger partial charge in [-0.2, -0.15) is 0 Å². The van der Waals surface area contributed by atoms with Crippen LogP contribution in [0.2, 0.25) is 0 Å². The zero-order valence-electron chi connectivity index (χ0n) is 10.1. The van der Waals surface area contributed by atoms with Gasteiger partial charge in [-0.3, -0.25) is 9.36 Å². The monoisotopic (exact) mass is 272 g/mol. The molecule has 7 nitrogen and oxygen atoms in total. The first kappa shape index (κ1) is 13.2. The highest BCUT2D eigenvalue weighted by atomic mass is 32.2. The molecule has 0 radical (unpaired) electrons. The van der Waals surface area contributed by atoms with Crippen molar-refractivity contribution in [2.24, 2.45) is 0 Å². The Morgan fingerprint density at radius 2 is 2.44 bits per heavy atom. The van der Waals surface area contributed by atoms with Crippen LogP contribution >= 0.6 is 11.8 Å². The molecule has 1 saturated heterocycles. The van der Waals surface area contributed by atoms with Gasteiger partial charge in [-0.1, -0.05) is 11.8 Å². The van der Waals surface area contributed by atoms with Gasteiger partial charge in [0.15, 0.2) is 5.16 Å². The predicted molar refractivity (Wildman–Crippen MR) is 66.4 cm³/mol. The predicted octanol–water partition coefficient (Wildman–Crippen LogP) is 0.606. The lowest BCUT2D eigenvalue weighted by molar-refractivity contribution is -0.133. The van der Waals surface area contributed by atoms with Crippen LogP contribution in [-0.4, -0.2) is 43.8 Å². The van der Waals surface area contributed by atoms with Crippen molar-refractivity contribution >= 4 is 23.7 Å². The molecule has 1 aromatic rings. The largest absolute Gasteiger partial charge is 0.481 e. The van der Waals surface area contributed by atoms with Crippen LogP contribution in [0.15, 0.2) is 5.16 Å². The van der Waals surface area contributed by atoms with Gasteiger partial charge in [-0.25, -0.2) is 0 Å². The maximum Gasteiger partial charge on any atom is 0.313 e. The number of nitrogen functional groups attached to an aromatic ring is 1. The maximum atomic E-state index is 10.6. The molecule has 18 heavy (non-hydrogen) atoms. The summed E-state index contributed by atoms with van der Waals surface area (Å²) in [5, 5.41) is 16.9. The van der Waals surface area contributed by atoms with Gasteiger partial charge in [0.05, 0.1) is 17.9 Å². The molecule has 1 aliphatic heterocycles. The summed E-state index contributed by atoms with van der Waals surface area (Å²) >= 11 is 1.11. The molecule has 0 aromatic carbocycles. The van der Waals surface area contributed by atoms with Crippen molar-refractivity contribution in [2.75, 3.05) is 18.1 Å². The number of nitrogens with zero attached hydrogens (tertiary/aromatic N) is 3. The Balaban J connectivity index is 2.11. The van der Waals surface area contributed by atoms with Gasteiger partial charge in [-0.15, -0.1) is 10.2 Å². The first-order chi connectivity index (χ1) is 8.50. The minimum Gasteiger partial charge on any atom is -0.481 e. The van der Waals surface area contributed by atoms with Gasteiger partial charge in [-0.05, 0) is 19.8 Å². The average molecular weight is 272 g/mol. The van der Waals surface area contributed by atoms with Crippen molar-refractivity contribution < 1.29 is 14.6 Å². The van der Waals surface area contributed by atoms with Crippen LogP contribution in [0.25, 0.3) is 0 Å². The fourth-order valence-electron chi connectivity index (χ4n) is 1.98. The van der Waals surface area contributed by atoms with E-state index in [1.165, 1.54) is 0 Å². The quantitative estimate of drug-likeness (QED) is 0.757. The average Bonchev–Trinajstić information content (AvgIpc) is 2.86. The normalized spacial score (nSPS) is 23.4. The summed E-state index contributed by atoms with van der Waals surface area (Å²) in [7, 11) is 0. The molecule has 8 heteroatoms. The molecule has 0 bridgehead atoms. The number of carboxylic acids is 1. The molecule has 1 unspecified atom stereocenters. The number of hydrogen-bond donors (Lipinski definition) is 2. The van der Waals surface area contributed by atoms with Gasteiger partial charge in [0.1, 0.15) is 0 Å². The molecule has 0 spiro atoms. The number of ether oxygens (including phenoxy) is 1. The van der Waals surface area contributed by atoms with Crippen LogP contribution < -0.4 is 5.73 Å². The molecule has 1 aliphatic rings. The third-order valence-electron chi connectivity index (χ3n) is 2.86. The van der Waals surface area contributed by atoms with Gasteiger partial charge >= 0.3 is 5.97 Å². The Bertz CT molecular complexity index is 442. The third kappa shape index (κ3) is 2.94. The van der Waals surface area contributed by atoms with Crippen molar-refractivity contribution in [3.05, 3.63) is 0 Å². The van der Waals surface area contributed by atoms with E-state index in [2.05, 4.69) is 10.2 Å². The molecule has 100 valence electrons. The van der Waals surface area contributed by atoms with Crippen molar-refractivity contribution in [2.45, 2.75) is 37.1 Å². The molecule has 1 fully saturated rings. The lowest BCUT2D eigenvalue weighted by Crippen LogP contribution is -2.30. The Morgan fingerprint density at radius 1 is 1.67 bits per heavy atom. The van der Waals surface area contributed by atoms with E-state index in [9.17, 15) is 4.79 Å². The number of hydrogen-bond acceptors (Lipinski definition) is 6. The number of anilines is 1. The highest BCUT2D eigenvalue weighted by Crippen LogP contribution is 2.29. The van der Waals surface area contributed by atoms with Crippen molar-refractivity contribution in [3.8, 4) is 0 Å². The lowest BCUT2D eigenvalue weighted by Gasteiger charge is -2.24. The standard InChI is InChI=1S/C10H16N4O3S/c1-10(3-2-4-17-10)6-14-8(11)12-13-9(14)18-5-7(15)16/h2-6H2,1H3,(H2,11,12)(H,15,16). The molecular weight excluding hydrogens is 256 g/mol. The highest BCUT2D eigenvalue weighted by molar-refractivity contribution is 7.99. The van der Waals surface area contributed by atoms with E-state index in [1.54, 1.807) is 4.57 Å². The summed E-state index contributed by atoms with van der Waals surface area (Å²) in [4.78, 5) is 10.6. The second-order valence-electron chi connectivity index (χ2n) is 4.51. The minimum atomic E-state index is -0.892. The van der Waals surface area contributed by atoms with Crippen LogP contribution in [0.3, 0.4) is 0 Å². The molecule has 1 aromatic heterocycles. The Hall–Kier alpha value is -1.28. The van der Waals surface area contributed by atoms with Gasteiger partial charge in [0.25, 0.3) is 0 Å². The first-order valence-corrected chi connectivity index (χ1v) is 6.66. The second kappa shape index (κ2) is 5.15. The highest BCUT2D eigenvalue weighted by Gasteiger charge is 2.32. The first-order valence-electron chi connectivity index (χ1n) is 5.67. The van der Waals surface area contributed by atoms with Crippen molar-refractivity contribution in [3.63, 3.8) is 0 Å². The van der Waals surface area contributed by atoms with Crippen molar-refractivity contribution in [1.29, 1.82) is 0 Å². The number of thioether (sulfide) groups is 1. The fraction of sp³-hybridized carbons (Fsp3) is 0.700. The molecular formula is C10H16N4O3S. The SMILES string of the molecule is CC1(Cn2c(N)nnc2SCC(=O)O)CCCO1. The molecule has 1 atom stereocenters. The summed E-state index contributed by atoms with van der Waals surface area (Å²) in [5.74, 6) is -0.661. The van der Waals surface area contributed by atoms with Crippen LogP contribution in [0.4, 0.5) is 5.95 Å². The molecule has 2 heterocycles. The Kier molecular flexibility index (Phi) is 3.76. The van der Waals surface area contributed by atoms with E-state index in [-0.39, 0.29) is 11.4 Å². The van der Waals surface area contributed by atoms with E-state index >= 15 is 0 Å². The van der Waals surface area contributed by atoms with E-state index in [0.717, 1.165) is 31.2 Å². The number of rotatable bonds is 5. The number of aromatic nitrogens is 3. The molecule has 0 amide bonds. The second-order valence-corrected chi connectivity index (χ2v) is 5.45. The maximum absolute atomic E-state index is 10.6. The summed E-state index contributed by atoms with van der Waals surface area (Å²) < 4.78 is 7.41. The van der Waals surface area contributed by atoms with Crippen LogP contribution in [0, 0.1) is 0 Å². The van der Waals surface area contributed by atoms with E-state index < -0.39 is 5.97 Å². The van der Waals surface area contributed by atoms with Gasteiger partial charge in [0.2, 0.25) is 5.95 Å². The number of aliphatic carboxylic acids is 1. The fourth-order valence-corrected chi connectivity index (χ4v) is 2.64. The topological polar surface area (TPSA) is 103 Å². The Morgan fingerprint density at radius 3 is 3.06 bits per heavy atom. The van der Waals surface area contributed by atoms with E-state index in [0.29, 0.717) is 17.6 Å². The van der Waals surface area contributed by atoms with E-state index in [1.807, 2.05) is 6.92 Å². The lowest BCUT2D eigenvalue weighted by atomic mass is 10.0. The summed E-state index contributed by atoms with van der Waals surface area (Å²) in [6.45, 7) is 3.31. The summed E-state index contributed by atoms with van der Waals surface area (Å²) in [6, 6.07) is 0. The van der Waals surface area contributed by atoms with Crippen LogP contribution in [0.1, 0.15) is 19.8 Å². The third-order valence-corrected chi connectivity index (χ3v) is 3.81. The Labute approximate surface area is 109 Å². The van der Waals surface area contributed by atoms with E-state index in [4.69, 9.17) is 15.6 Å². The minimum absolute atomic E-state index is 0.0598. The van der Waals surface area contributed by atoms with Crippen LogP contribution in [-0.2, 0) is 16.1 Å². The summed E-state index contributed by atoms with van der Waals surface area (Å²) in [5.41, 5.74) is 5.49. The zero-order chi connectivity index (χ0) is 13.2. The van der Waals surface area contributed by atoms with Gasteiger partial charge < -0.3 is 15.6 Å².